The van der Waals surface area contributed by atoms with Crippen LogP contribution in [0.2, 0.25) is 0 Å². The molecule has 2 aromatic carbocycles. The number of benzene rings is 2. The van der Waals surface area contributed by atoms with Crippen molar-refractivity contribution in [3.8, 4) is 0 Å². The Morgan fingerprint density at radius 2 is 0.826 bits per heavy atom. The smallest absolute Gasteiger partial charge is 0.744 e. The van der Waals surface area contributed by atoms with Crippen molar-refractivity contribution in [1.82, 2.24) is 0 Å². The first-order valence-electron chi connectivity index (χ1n) is 6.05. The Morgan fingerprint density at radius 1 is 0.609 bits per heavy atom. The zero-order valence-corrected chi connectivity index (χ0v) is 15.1. The van der Waals surface area contributed by atoms with Crippen LogP contribution in [-0.4, -0.2) is 25.9 Å². The van der Waals surface area contributed by atoms with Gasteiger partial charge in [0.2, 0.25) is 0 Å². The van der Waals surface area contributed by atoms with E-state index >= 15 is 0 Å². The number of aryl methyl sites for hydroxylation is 2. The molecule has 0 aliphatic carbocycles. The molecule has 0 aliphatic heterocycles. The van der Waals surface area contributed by atoms with Gasteiger partial charge in [-0.3, -0.25) is 0 Å². The van der Waals surface area contributed by atoms with Crippen molar-refractivity contribution in [3.05, 3.63) is 59.7 Å². The molecule has 0 fully saturated rings. The van der Waals surface area contributed by atoms with E-state index in [1.54, 1.807) is 24.3 Å². The third-order valence-corrected chi connectivity index (χ3v) is 4.32. The maximum atomic E-state index is 10.4. The molecule has 6 nitrogen and oxygen atoms in total. The molecule has 0 N–H and O–H groups in total. The Balaban J connectivity index is 0.000000403. The molecule has 0 unspecified atom stereocenters. The Bertz CT molecular complexity index is 752. The summed E-state index contributed by atoms with van der Waals surface area (Å²) < 4.78 is 62.3. The summed E-state index contributed by atoms with van der Waals surface area (Å²) in [7, 11) is -8.54. The second kappa shape index (κ2) is 8.58. The van der Waals surface area contributed by atoms with Crippen LogP contribution in [-0.2, 0) is 37.3 Å². The van der Waals surface area contributed by atoms with Gasteiger partial charge in [0.15, 0.2) is 0 Å². The molecule has 0 aliphatic rings. The van der Waals surface area contributed by atoms with Crippen molar-refractivity contribution in [2.45, 2.75) is 23.6 Å². The van der Waals surface area contributed by atoms with Crippen LogP contribution in [0.4, 0.5) is 0 Å². The van der Waals surface area contributed by atoms with Crippen LogP contribution in [0.1, 0.15) is 11.1 Å². The topological polar surface area (TPSA) is 114 Å². The van der Waals surface area contributed by atoms with Crippen LogP contribution in [0, 0.1) is 13.8 Å². The van der Waals surface area contributed by atoms with E-state index in [2.05, 4.69) is 0 Å². The van der Waals surface area contributed by atoms with Crippen molar-refractivity contribution < 1.29 is 43.0 Å². The molecule has 0 heterocycles. The van der Waals surface area contributed by atoms with Gasteiger partial charge in [-0.05, 0) is 38.1 Å². The van der Waals surface area contributed by atoms with E-state index in [1.165, 1.54) is 24.3 Å². The summed E-state index contributed by atoms with van der Waals surface area (Å²) in [4.78, 5) is -0.355. The first kappa shape index (κ1) is 21.8. The predicted molar refractivity (Wildman–Crippen MR) is 78.3 cm³/mol. The summed E-state index contributed by atoms with van der Waals surface area (Å²) >= 11 is 0. The van der Waals surface area contributed by atoms with E-state index in [0.29, 0.717) is 0 Å². The van der Waals surface area contributed by atoms with Gasteiger partial charge in [0, 0.05) is 0 Å². The average molecular weight is 397 g/mol. The fraction of sp³-hybridized carbons (Fsp3) is 0.143. The standard InChI is InChI=1S/2C7H8O3S.Mn/c2*1-6-2-4-7(5-3-6)11(8,9)10;/h2*2-5H,1H3,(H,8,9,10);/q;;+2/p-2. The van der Waals surface area contributed by atoms with Crippen molar-refractivity contribution in [1.29, 1.82) is 0 Å². The molecular weight excluding hydrogens is 383 g/mol. The molecule has 125 valence electrons. The van der Waals surface area contributed by atoms with Gasteiger partial charge in [-0.25, -0.2) is 16.8 Å². The minimum absolute atomic E-state index is 0. The van der Waals surface area contributed by atoms with Crippen LogP contribution >= 0.6 is 0 Å². The summed E-state index contributed by atoms with van der Waals surface area (Å²) in [6.45, 7) is 3.64. The number of hydrogen-bond acceptors (Lipinski definition) is 6. The summed E-state index contributed by atoms with van der Waals surface area (Å²) in [6.07, 6.45) is 0. The molecule has 2 aromatic rings. The largest absolute Gasteiger partial charge is 2.00 e. The molecule has 0 atom stereocenters. The average Bonchev–Trinajstić information content (AvgIpc) is 2.38. The van der Waals surface area contributed by atoms with E-state index in [1.807, 2.05) is 13.8 Å². The summed E-state index contributed by atoms with van der Waals surface area (Å²) in [6, 6.07) is 11.6. The first-order valence-corrected chi connectivity index (χ1v) is 8.87. The Hall–Kier alpha value is -1.22. The van der Waals surface area contributed by atoms with Crippen molar-refractivity contribution in [2.24, 2.45) is 0 Å². The van der Waals surface area contributed by atoms with E-state index in [9.17, 15) is 25.9 Å². The summed E-state index contributed by atoms with van der Waals surface area (Å²) in [5.41, 5.74) is 1.86. The van der Waals surface area contributed by atoms with Gasteiger partial charge in [0.05, 0.1) is 9.79 Å². The summed E-state index contributed by atoms with van der Waals surface area (Å²) in [5.74, 6) is 0. The van der Waals surface area contributed by atoms with Gasteiger partial charge in [-0.1, -0.05) is 35.4 Å². The SMILES string of the molecule is Cc1ccc(S(=O)(=O)[O-])cc1.Cc1ccc(S(=O)(=O)[O-])cc1.[Mn+2]. The van der Waals surface area contributed by atoms with E-state index < -0.39 is 20.2 Å². The second-order valence-electron chi connectivity index (χ2n) is 4.53. The maximum Gasteiger partial charge on any atom is 2.00 e. The van der Waals surface area contributed by atoms with Gasteiger partial charge >= 0.3 is 17.1 Å². The van der Waals surface area contributed by atoms with E-state index in [4.69, 9.17) is 0 Å². The number of hydrogen-bond donors (Lipinski definition) is 0. The van der Waals surface area contributed by atoms with Gasteiger partial charge in [0.1, 0.15) is 20.2 Å². The third kappa shape index (κ3) is 7.74. The van der Waals surface area contributed by atoms with Gasteiger partial charge in [-0.2, -0.15) is 0 Å². The van der Waals surface area contributed by atoms with Crippen LogP contribution in [0.3, 0.4) is 0 Å². The van der Waals surface area contributed by atoms with Crippen LogP contribution < -0.4 is 0 Å². The molecule has 0 saturated carbocycles. The van der Waals surface area contributed by atoms with E-state index in [-0.39, 0.29) is 26.9 Å². The van der Waals surface area contributed by atoms with E-state index in [0.717, 1.165) is 11.1 Å². The van der Waals surface area contributed by atoms with Crippen LogP contribution in [0.15, 0.2) is 58.3 Å². The molecule has 0 amide bonds. The Labute approximate surface area is 146 Å². The van der Waals surface area contributed by atoms with Gasteiger partial charge in [-0.15, -0.1) is 0 Å². The summed E-state index contributed by atoms with van der Waals surface area (Å²) in [5, 5.41) is 0. The molecule has 9 heteroatoms. The molecule has 0 aromatic heterocycles. The fourth-order valence-corrected chi connectivity index (χ4v) is 2.35. The van der Waals surface area contributed by atoms with Crippen LogP contribution in [0.5, 0.6) is 0 Å². The normalized spacial score (nSPS) is 11.0. The molecule has 2 rings (SSSR count). The quantitative estimate of drug-likeness (QED) is 0.564. The van der Waals surface area contributed by atoms with Crippen LogP contribution in [0.25, 0.3) is 0 Å². The first-order chi connectivity index (χ1) is 10.00. The number of rotatable bonds is 2. The molecule has 0 saturated heterocycles. The van der Waals surface area contributed by atoms with Crippen molar-refractivity contribution in [2.75, 3.05) is 0 Å². The molecular formula is C14H14MnO6S2. The molecule has 1 radical (unpaired) electrons. The maximum absolute atomic E-state index is 10.4. The van der Waals surface area contributed by atoms with Crippen molar-refractivity contribution >= 4 is 20.2 Å². The molecule has 0 bridgehead atoms. The monoisotopic (exact) mass is 397 g/mol. The molecule has 23 heavy (non-hydrogen) atoms. The Morgan fingerprint density at radius 3 is 1.00 bits per heavy atom. The fourth-order valence-electron chi connectivity index (χ4n) is 1.41. The zero-order chi connectivity index (χ0) is 17.0. The molecule has 0 spiro atoms. The van der Waals surface area contributed by atoms with Gasteiger partial charge in [0.25, 0.3) is 0 Å². The minimum Gasteiger partial charge on any atom is -0.744 e. The van der Waals surface area contributed by atoms with Gasteiger partial charge < -0.3 is 9.11 Å². The second-order valence-corrected chi connectivity index (χ2v) is 7.29. The Kier molecular flexibility index (Phi) is 8.13. The predicted octanol–water partition coefficient (Wildman–Crippen LogP) is 1.80. The van der Waals surface area contributed by atoms with Crippen molar-refractivity contribution in [3.63, 3.8) is 0 Å². The zero-order valence-electron chi connectivity index (χ0n) is 12.3. The third-order valence-electron chi connectivity index (χ3n) is 2.62. The minimum atomic E-state index is -4.27.